The van der Waals surface area contributed by atoms with E-state index in [2.05, 4.69) is 39.4 Å². The predicted octanol–water partition coefficient (Wildman–Crippen LogP) is 2.92. The highest BCUT2D eigenvalue weighted by Crippen LogP contribution is 2.15. The summed E-state index contributed by atoms with van der Waals surface area (Å²) < 4.78 is 0. The molecule has 1 atom stereocenters. The van der Waals surface area contributed by atoms with E-state index >= 15 is 0 Å². The van der Waals surface area contributed by atoms with E-state index in [0.717, 1.165) is 42.9 Å². The van der Waals surface area contributed by atoms with E-state index in [0.29, 0.717) is 0 Å². The van der Waals surface area contributed by atoms with Crippen molar-refractivity contribution in [1.82, 2.24) is 15.2 Å². The van der Waals surface area contributed by atoms with E-state index in [-0.39, 0.29) is 24.0 Å². The molecular weight excluding hydrogens is 383 g/mol. The zero-order chi connectivity index (χ0) is 13.7. The molecule has 4 nitrogen and oxygen atoms in total. The van der Waals surface area contributed by atoms with Gasteiger partial charge in [-0.05, 0) is 25.7 Å². The molecule has 1 saturated heterocycles. The normalized spacial score (nSPS) is 19.6. The fourth-order valence-corrected chi connectivity index (χ4v) is 3.19. The summed E-state index contributed by atoms with van der Waals surface area (Å²) in [5, 5.41) is 6.74. The van der Waals surface area contributed by atoms with Crippen molar-refractivity contribution in [3.63, 3.8) is 0 Å². The van der Waals surface area contributed by atoms with Crippen molar-refractivity contribution in [1.29, 1.82) is 0 Å². The first-order valence-corrected chi connectivity index (χ1v) is 7.93. The highest BCUT2D eigenvalue weighted by Gasteiger charge is 2.18. The van der Waals surface area contributed by atoms with Gasteiger partial charge in [0.2, 0.25) is 0 Å². The van der Waals surface area contributed by atoms with Gasteiger partial charge in [0.1, 0.15) is 0 Å². The van der Waals surface area contributed by atoms with Gasteiger partial charge in [-0.1, -0.05) is 6.92 Å². The molecule has 2 rings (SSSR count). The van der Waals surface area contributed by atoms with Crippen molar-refractivity contribution < 1.29 is 0 Å². The van der Waals surface area contributed by atoms with Gasteiger partial charge in [0.15, 0.2) is 5.96 Å². The van der Waals surface area contributed by atoms with Gasteiger partial charge in [0, 0.05) is 38.5 Å². The van der Waals surface area contributed by atoms with Crippen LogP contribution in [-0.2, 0) is 6.42 Å². The summed E-state index contributed by atoms with van der Waals surface area (Å²) in [6, 6.07) is 0. The molecule has 1 N–H and O–H groups in total. The minimum atomic E-state index is 0. The number of halogens is 1. The summed E-state index contributed by atoms with van der Waals surface area (Å²) in [7, 11) is 1.87. The van der Waals surface area contributed by atoms with Crippen molar-refractivity contribution >= 4 is 41.3 Å². The lowest BCUT2D eigenvalue weighted by molar-refractivity contribution is 0.266. The van der Waals surface area contributed by atoms with Crippen LogP contribution in [0.15, 0.2) is 10.4 Å². The Balaban J connectivity index is 0.00000200. The Morgan fingerprint density at radius 1 is 1.60 bits per heavy atom. The van der Waals surface area contributed by atoms with Crippen LogP contribution in [0.25, 0.3) is 0 Å². The van der Waals surface area contributed by atoms with Gasteiger partial charge in [-0.2, -0.15) is 0 Å². The van der Waals surface area contributed by atoms with E-state index < -0.39 is 0 Å². The van der Waals surface area contributed by atoms with Crippen LogP contribution in [0.3, 0.4) is 0 Å². The molecule has 20 heavy (non-hydrogen) atoms. The molecule has 1 aromatic rings. The fourth-order valence-electron chi connectivity index (χ4n) is 2.54. The maximum absolute atomic E-state index is 4.48. The molecule has 1 aliphatic rings. The third-order valence-corrected chi connectivity index (χ3v) is 4.32. The second kappa shape index (κ2) is 8.81. The standard InChI is InChI=1S/C14H24N4S.HI/c1-11-5-4-8-18(9-11)14(15-3)16-7-6-13-10-19-12(2)17-13;/h10-11H,4-9H2,1-3H3,(H,15,16);1H. The van der Waals surface area contributed by atoms with Crippen molar-refractivity contribution in [3.05, 3.63) is 16.1 Å². The number of guanidine groups is 1. The number of nitrogens with zero attached hydrogens (tertiary/aromatic N) is 3. The Hall–Kier alpha value is -0.370. The fraction of sp³-hybridized carbons (Fsp3) is 0.714. The van der Waals surface area contributed by atoms with Crippen LogP contribution in [0, 0.1) is 12.8 Å². The smallest absolute Gasteiger partial charge is 0.193 e. The van der Waals surface area contributed by atoms with Crippen LogP contribution < -0.4 is 5.32 Å². The quantitative estimate of drug-likeness (QED) is 0.475. The first kappa shape index (κ1) is 17.7. The van der Waals surface area contributed by atoms with Crippen LogP contribution in [-0.4, -0.2) is 42.5 Å². The van der Waals surface area contributed by atoms with Gasteiger partial charge in [-0.3, -0.25) is 4.99 Å². The number of aryl methyl sites for hydroxylation is 1. The van der Waals surface area contributed by atoms with E-state index in [1.165, 1.54) is 18.5 Å². The number of aromatic nitrogens is 1. The molecule has 0 saturated carbocycles. The van der Waals surface area contributed by atoms with E-state index in [1.807, 2.05) is 7.05 Å². The lowest BCUT2D eigenvalue weighted by Gasteiger charge is -2.33. The minimum absolute atomic E-state index is 0. The third-order valence-electron chi connectivity index (χ3n) is 3.50. The summed E-state index contributed by atoms with van der Waals surface area (Å²) >= 11 is 1.72. The molecule has 0 aromatic carbocycles. The van der Waals surface area contributed by atoms with E-state index in [9.17, 15) is 0 Å². The minimum Gasteiger partial charge on any atom is -0.356 e. The SMILES string of the molecule is CN=C(NCCc1csc(C)n1)N1CCCC(C)C1.I. The molecule has 0 amide bonds. The average Bonchev–Trinajstić information content (AvgIpc) is 2.80. The van der Waals surface area contributed by atoms with Crippen molar-refractivity contribution in [2.75, 3.05) is 26.7 Å². The monoisotopic (exact) mass is 408 g/mol. The van der Waals surface area contributed by atoms with Crippen LogP contribution in [0.2, 0.25) is 0 Å². The Labute approximate surface area is 143 Å². The molecule has 0 bridgehead atoms. The number of hydrogen-bond acceptors (Lipinski definition) is 3. The first-order chi connectivity index (χ1) is 9.19. The van der Waals surface area contributed by atoms with Crippen molar-refractivity contribution in [2.45, 2.75) is 33.1 Å². The Bertz CT molecular complexity index is 433. The summed E-state index contributed by atoms with van der Waals surface area (Å²) in [5.74, 6) is 1.81. The molecule has 0 spiro atoms. The molecule has 2 heterocycles. The number of hydrogen-bond donors (Lipinski definition) is 1. The summed E-state index contributed by atoms with van der Waals surface area (Å²) in [4.78, 5) is 11.3. The lowest BCUT2D eigenvalue weighted by Crippen LogP contribution is -2.46. The first-order valence-electron chi connectivity index (χ1n) is 7.05. The predicted molar refractivity (Wildman–Crippen MR) is 97.3 cm³/mol. The molecule has 1 aromatic heterocycles. The van der Waals surface area contributed by atoms with E-state index in [1.54, 1.807) is 11.3 Å². The highest BCUT2D eigenvalue weighted by atomic mass is 127. The van der Waals surface area contributed by atoms with Crippen LogP contribution in [0.5, 0.6) is 0 Å². The topological polar surface area (TPSA) is 40.5 Å². The Kier molecular flexibility index (Phi) is 7.79. The van der Waals surface area contributed by atoms with Crippen LogP contribution >= 0.6 is 35.3 Å². The van der Waals surface area contributed by atoms with Crippen LogP contribution in [0.1, 0.15) is 30.5 Å². The van der Waals surface area contributed by atoms with Gasteiger partial charge >= 0.3 is 0 Å². The molecule has 6 heteroatoms. The number of nitrogens with one attached hydrogen (secondary N) is 1. The van der Waals surface area contributed by atoms with Crippen LogP contribution in [0.4, 0.5) is 0 Å². The Morgan fingerprint density at radius 3 is 3.00 bits per heavy atom. The van der Waals surface area contributed by atoms with Crippen molar-refractivity contribution in [2.24, 2.45) is 10.9 Å². The molecule has 0 radical (unpaired) electrons. The third kappa shape index (κ3) is 5.20. The molecule has 1 fully saturated rings. The van der Waals surface area contributed by atoms with Gasteiger partial charge < -0.3 is 10.2 Å². The average molecular weight is 408 g/mol. The second-order valence-electron chi connectivity index (χ2n) is 5.28. The number of likely N-dealkylation sites (tertiary alicyclic amines) is 1. The van der Waals surface area contributed by atoms with Gasteiger partial charge in [0.05, 0.1) is 10.7 Å². The number of aliphatic imine (C=N–C) groups is 1. The van der Waals surface area contributed by atoms with E-state index in [4.69, 9.17) is 0 Å². The zero-order valence-corrected chi connectivity index (χ0v) is 15.7. The summed E-state index contributed by atoms with van der Waals surface area (Å²) in [6.45, 7) is 7.52. The Morgan fingerprint density at radius 2 is 2.40 bits per heavy atom. The maximum atomic E-state index is 4.48. The highest BCUT2D eigenvalue weighted by molar-refractivity contribution is 14.0. The summed E-state index contributed by atoms with van der Waals surface area (Å²) in [6.07, 6.45) is 3.57. The number of rotatable bonds is 3. The van der Waals surface area contributed by atoms with Gasteiger partial charge in [-0.15, -0.1) is 35.3 Å². The molecule has 1 aliphatic heterocycles. The molecular formula is C14H25IN4S. The molecule has 114 valence electrons. The maximum Gasteiger partial charge on any atom is 0.193 e. The largest absolute Gasteiger partial charge is 0.356 e. The van der Waals surface area contributed by atoms with Crippen molar-refractivity contribution in [3.8, 4) is 0 Å². The zero-order valence-electron chi connectivity index (χ0n) is 12.6. The lowest BCUT2D eigenvalue weighted by atomic mass is 10.0. The summed E-state index contributed by atoms with van der Waals surface area (Å²) in [5.41, 5.74) is 1.18. The number of piperidine rings is 1. The molecule has 1 unspecified atom stereocenters. The number of thiazole rings is 1. The second-order valence-corrected chi connectivity index (χ2v) is 6.34. The molecule has 0 aliphatic carbocycles. The van der Waals surface area contributed by atoms with Gasteiger partial charge in [-0.25, -0.2) is 4.98 Å². The van der Waals surface area contributed by atoms with Gasteiger partial charge in [0.25, 0.3) is 0 Å².